The fraction of sp³-hybridized carbons (Fsp3) is 0.391. The smallest absolute Gasteiger partial charge is 0.243 e. The third kappa shape index (κ3) is 7.18. The predicted octanol–water partition coefficient (Wildman–Crippen LogP) is 3.50. The molecule has 0 unspecified atom stereocenters. The van der Waals surface area contributed by atoms with E-state index in [0.717, 1.165) is 16.7 Å². The van der Waals surface area contributed by atoms with Gasteiger partial charge in [-0.3, -0.25) is 9.59 Å². The highest BCUT2D eigenvalue weighted by Crippen LogP contribution is 2.14. The topological polar surface area (TPSA) is 69.6 Å². The van der Waals surface area contributed by atoms with Gasteiger partial charge < -0.3 is 15.3 Å². The minimum atomic E-state index is -0.741. The maximum Gasteiger partial charge on any atom is 0.243 e. The Labute approximate surface area is 177 Å². The lowest BCUT2D eigenvalue weighted by Gasteiger charge is -2.29. The maximum atomic E-state index is 12.8. The highest BCUT2D eigenvalue weighted by Gasteiger charge is 2.28. The third-order valence-electron chi connectivity index (χ3n) is 4.95. The molecular formula is C23H29ClN2O3. The SMILES string of the molecule is CC[C@H](O)C[C@@H](C(=O)NCc1ccc(Cl)cc1)N(C)C(=O)Cc1cccc(C)c1. The van der Waals surface area contributed by atoms with Crippen LogP contribution in [-0.4, -0.2) is 41.0 Å². The van der Waals surface area contributed by atoms with Gasteiger partial charge in [0.1, 0.15) is 6.04 Å². The van der Waals surface area contributed by atoms with E-state index in [1.165, 1.54) is 4.90 Å². The lowest BCUT2D eigenvalue weighted by molar-refractivity contribution is -0.139. The van der Waals surface area contributed by atoms with Crippen molar-refractivity contribution < 1.29 is 14.7 Å². The summed E-state index contributed by atoms with van der Waals surface area (Å²) >= 11 is 5.89. The number of nitrogens with zero attached hydrogens (tertiary/aromatic N) is 1. The summed E-state index contributed by atoms with van der Waals surface area (Å²) in [6.45, 7) is 4.15. The molecule has 0 heterocycles. The van der Waals surface area contributed by atoms with Gasteiger partial charge in [-0.25, -0.2) is 0 Å². The number of likely N-dealkylation sites (N-methyl/N-ethyl adjacent to an activating group) is 1. The zero-order valence-corrected chi connectivity index (χ0v) is 17.9. The van der Waals surface area contributed by atoms with Crippen LogP contribution in [0.15, 0.2) is 48.5 Å². The van der Waals surface area contributed by atoms with Gasteiger partial charge in [0.2, 0.25) is 11.8 Å². The summed E-state index contributed by atoms with van der Waals surface area (Å²) in [5, 5.41) is 13.6. The van der Waals surface area contributed by atoms with Crippen LogP contribution in [0.5, 0.6) is 0 Å². The Morgan fingerprint density at radius 1 is 1.14 bits per heavy atom. The molecule has 0 saturated carbocycles. The molecule has 0 aromatic heterocycles. The Kier molecular flexibility index (Phi) is 8.68. The summed E-state index contributed by atoms with van der Waals surface area (Å²) in [6.07, 6.45) is 0.261. The average molecular weight is 417 g/mol. The van der Waals surface area contributed by atoms with Crippen molar-refractivity contribution in [3.63, 3.8) is 0 Å². The Hall–Kier alpha value is -2.37. The standard InChI is InChI=1S/C23H29ClN2O3/c1-4-20(27)14-21(23(29)25-15-17-8-10-19(24)11-9-17)26(3)22(28)13-18-7-5-6-16(2)12-18/h5-12,20-21,27H,4,13-15H2,1-3H3,(H,25,29)/t20-,21-/m0/s1. The largest absolute Gasteiger partial charge is 0.393 e. The van der Waals surface area contributed by atoms with Crippen LogP contribution in [0.2, 0.25) is 5.02 Å². The number of halogens is 1. The van der Waals surface area contributed by atoms with Crippen LogP contribution in [0.4, 0.5) is 0 Å². The minimum absolute atomic E-state index is 0.162. The van der Waals surface area contributed by atoms with Crippen LogP contribution >= 0.6 is 11.6 Å². The molecule has 2 aromatic rings. The van der Waals surface area contributed by atoms with Gasteiger partial charge in [0.15, 0.2) is 0 Å². The number of benzene rings is 2. The van der Waals surface area contributed by atoms with Crippen LogP contribution in [0.1, 0.15) is 36.5 Å². The van der Waals surface area contributed by atoms with E-state index in [1.54, 1.807) is 19.2 Å². The van der Waals surface area contributed by atoms with E-state index in [1.807, 2.05) is 50.2 Å². The van der Waals surface area contributed by atoms with E-state index < -0.39 is 12.1 Å². The Bertz CT molecular complexity index is 823. The second-order valence-electron chi connectivity index (χ2n) is 7.33. The van der Waals surface area contributed by atoms with Crippen molar-refractivity contribution in [2.24, 2.45) is 0 Å². The summed E-state index contributed by atoms with van der Waals surface area (Å²) in [4.78, 5) is 27.1. The molecule has 0 aliphatic rings. The maximum absolute atomic E-state index is 12.8. The number of aliphatic hydroxyl groups excluding tert-OH is 1. The van der Waals surface area contributed by atoms with Gasteiger partial charge in [-0.2, -0.15) is 0 Å². The van der Waals surface area contributed by atoms with Crippen LogP contribution in [0, 0.1) is 6.92 Å². The van der Waals surface area contributed by atoms with Crippen molar-refractivity contribution >= 4 is 23.4 Å². The molecule has 0 spiro atoms. The Morgan fingerprint density at radius 2 is 1.83 bits per heavy atom. The number of rotatable bonds is 9. The molecule has 0 aliphatic carbocycles. The number of nitrogens with one attached hydrogen (secondary N) is 1. The average Bonchev–Trinajstić information content (AvgIpc) is 2.70. The molecule has 6 heteroatoms. The number of hydrogen-bond donors (Lipinski definition) is 2. The first-order valence-corrected chi connectivity index (χ1v) is 10.2. The molecule has 2 amide bonds. The zero-order chi connectivity index (χ0) is 21.4. The number of hydrogen-bond acceptors (Lipinski definition) is 3. The van der Waals surface area contributed by atoms with Crippen molar-refractivity contribution in [2.45, 2.75) is 51.8 Å². The van der Waals surface area contributed by atoms with E-state index in [0.29, 0.717) is 18.0 Å². The van der Waals surface area contributed by atoms with Gasteiger partial charge in [0, 0.05) is 25.0 Å². The Morgan fingerprint density at radius 3 is 2.45 bits per heavy atom. The predicted molar refractivity (Wildman–Crippen MR) is 116 cm³/mol. The first kappa shape index (κ1) is 22.9. The molecule has 2 rings (SSSR count). The molecule has 29 heavy (non-hydrogen) atoms. The van der Waals surface area contributed by atoms with Gasteiger partial charge in [0.25, 0.3) is 0 Å². The monoisotopic (exact) mass is 416 g/mol. The van der Waals surface area contributed by atoms with Gasteiger partial charge in [-0.05, 0) is 36.6 Å². The zero-order valence-electron chi connectivity index (χ0n) is 17.2. The van der Waals surface area contributed by atoms with Gasteiger partial charge in [0.05, 0.1) is 12.5 Å². The summed E-state index contributed by atoms with van der Waals surface area (Å²) in [6, 6.07) is 14.2. The van der Waals surface area contributed by atoms with Crippen molar-refractivity contribution in [1.29, 1.82) is 0 Å². The fourth-order valence-corrected chi connectivity index (χ4v) is 3.20. The van der Waals surface area contributed by atoms with Gasteiger partial charge in [-0.15, -0.1) is 0 Å². The van der Waals surface area contributed by atoms with Gasteiger partial charge >= 0.3 is 0 Å². The first-order valence-electron chi connectivity index (χ1n) is 9.81. The molecule has 0 bridgehead atoms. The lowest BCUT2D eigenvalue weighted by Crippen LogP contribution is -2.49. The van der Waals surface area contributed by atoms with Crippen LogP contribution < -0.4 is 5.32 Å². The number of carbonyl (C=O) groups is 2. The molecule has 5 nitrogen and oxygen atoms in total. The summed E-state index contributed by atoms with van der Waals surface area (Å²) < 4.78 is 0. The molecule has 2 N–H and O–H groups in total. The molecular weight excluding hydrogens is 388 g/mol. The highest BCUT2D eigenvalue weighted by atomic mass is 35.5. The summed E-state index contributed by atoms with van der Waals surface area (Å²) in [7, 11) is 1.62. The van der Waals surface area contributed by atoms with Crippen LogP contribution in [0.3, 0.4) is 0 Å². The van der Waals surface area contributed by atoms with Crippen molar-refractivity contribution in [2.75, 3.05) is 7.05 Å². The van der Waals surface area contributed by atoms with Crippen molar-refractivity contribution in [3.05, 3.63) is 70.2 Å². The molecule has 0 fully saturated rings. The Balaban J connectivity index is 2.07. The molecule has 0 radical (unpaired) electrons. The molecule has 2 aromatic carbocycles. The van der Waals surface area contributed by atoms with Crippen molar-refractivity contribution in [1.82, 2.24) is 10.2 Å². The quantitative estimate of drug-likeness (QED) is 0.657. The number of aryl methyl sites for hydroxylation is 1. The lowest BCUT2D eigenvalue weighted by atomic mass is 10.0. The highest BCUT2D eigenvalue weighted by molar-refractivity contribution is 6.30. The number of carbonyl (C=O) groups excluding carboxylic acids is 2. The third-order valence-corrected chi connectivity index (χ3v) is 5.20. The van der Waals surface area contributed by atoms with E-state index in [9.17, 15) is 14.7 Å². The van der Waals surface area contributed by atoms with E-state index in [2.05, 4.69) is 5.32 Å². The fourth-order valence-electron chi connectivity index (χ4n) is 3.07. The number of aliphatic hydroxyl groups is 1. The summed E-state index contributed by atoms with van der Waals surface area (Å²) in [5.74, 6) is -0.446. The number of amides is 2. The van der Waals surface area contributed by atoms with Crippen molar-refractivity contribution in [3.8, 4) is 0 Å². The molecule has 156 valence electrons. The first-order chi connectivity index (χ1) is 13.8. The molecule has 2 atom stereocenters. The molecule has 0 aliphatic heterocycles. The van der Waals surface area contributed by atoms with Crippen LogP contribution in [-0.2, 0) is 22.6 Å². The second kappa shape index (κ2) is 11.0. The molecule has 0 saturated heterocycles. The van der Waals surface area contributed by atoms with Gasteiger partial charge in [-0.1, -0.05) is 60.5 Å². The summed E-state index contributed by atoms with van der Waals surface area (Å²) in [5.41, 5.74) is 2.89. The van der Waals surface area contributed by atoms with E-state index in [-0.39, 0.29) is 24.7 Å². The van der Waals surface area contributed by atoms with E-state index >= 15 is 0 Å². The van der Waals surface area contributed by atoms with Crippen LogP contribution in [0.25, 0.3) is 0 Å². The second-order valence-corrected chi connectivity index (χ2v) is 7.76. The normalized spacial score (nSPS) is 12.9. The van der Waals surface area contributed by atoms with E-state index in [4.69, 9.17) is 11.6 Å². The minimum Gasteiger partial charge on any atom is -0.393 e.